The van der Waals surface area contributed by atoms with Crippen molar-refractivity contribution in [3.05, 3.63) is 91.4 Å². The maximum atomic E-state index is 12.9. The molecule has 1 N–H and O–H groups in total. The van der Waals surface area contributed by atoms with E-state index in [2.05, 4.69) is 5.32 Å². The average Bonchev–Trinajstić information content (AvgIpc) is 3.21. The van der Waals surface area contributed by atoms with Crippen LogP contribution in [0.4, 0.5) is 21.9 Å². The highest BCUT2D eigenvalue weighted by atomic mass is 32.2. The van der Waals surface area contributed by atoms with Gasteiger partial charge in [-0.3, -0.25) is 39.5 Å². The van der Waals surface area contributed by atoms with Crippen LogP contribution in [0.15, 0.2) is 65.6 Å². The first-order chi connectivity index (χ1) is 19.6. The van der Waals surface area contributed by atoms with Gasteiger partial charge >= 0.3 is 5.69 Å². The van der Waals surface area contributed by atoms with E-state index in [0.717, 1.165) is 23.1 Å². The molecule has 1 aliphatic rings. The van der Waals surface area contributed by atoms with E-state index in [1.807, 2.05) is 0 Å². The molecule has 41 heavy (non-hydrogen) atoms. The van der Waals surface area contributed by atoms with Crippen LogP contribution in [0.5, 0.6) is 23.0 Å². The van der Waals surface area contributed by atoms with Crippen molar-refractivity contribution < 1.29 is 38.4 Å². The van der Waals surface area contributed by atoms with Gasteiger partial charge in [-0.25, -0.2) is 0 Å². The van der Waals surface area contributed by atoms with Crippen LogP contribution in [0, 0.1) is 20.2 Å². The van der Waals surface area contributed by atoms with E-state index in [0.29, 0.717) is 28.8 Å². The number of rotatable bonds is 10. The minimum absolute atomic E-state index is 0.0572. The number of benzene rings is 3. The van der Waals surface area contributed by atoms with Gasteiger partial charge in [0.15, 0.2) is 11.5 Å². The first kappa shape index (κ1) is 28.6. The third kappa shape index (κ3) is 6.42. The zero-order valence-electron chi connectivity index (χ0n) is 21.4. The van der Waals surface area contributed by atoms with Crippen LogP contribution in [0.3, 0.4) is 0 Å². The van der Waals surface area contributed by atoms with Crippen molar-refractivity contribution in [3.63, 3.8) is 0 Å². The molecule has 1 heterocycles. The Morgan fingerprint density at radius 1 is 0.927 bits per heavy atom. The van der Waals surface area contributed by atoms with E-state index in [1.54, 1.807) is 24.3 Å². The molecule has 4 rings (SSSR count). The number of hydrogen-bond donors (Lipinski definition) is 1. The largest absolute Gasteiger partial charge is 0.495 e. The summed E-state index contributed by atoms with van der Waals surface area (Å²) in [5, 5.41) is 24.4. The fourth-order valence-electron chi connectivity index (χ4n) is 3.69. The van der Waals surface area contributed by atoms with Crippen LogP contribution in [0.25, 0.3) is 6.08 Å². The lowest BCUT2D eigenvalue weighted by atomic mass is 10.1. The van der Waals surface area contributed by atoms with Crippen molar-refractivity contribution in [1.82, 2.24) is 4.90 Å². The second-order valence-corrected chi connectivity index (χ2v) is 9.19. The van der Waals surface area contributed by atoms with Gasteiger partial charge in [0.05, 0.1) is 40.7 Å². The standard InChI is InChI=1S/C26H20N4O10S/c1-38-19-6-4-3-5-17(19)27-24(31)14-28-25(32)23(41-26(28)33)12-15-7-9-21(22(11-15)39-2)40-20-10-8-16(29(34)35)13-18(20)30(36)37/h3-13H,14H2,1-2H3,(H,27,31)/b23-12+. The highest BCUT2D eigenvalue weighted by Gasteiger charge is 2.36. The highest BCUT2D eigenvalue weighted by molar-refractivity contribution is 8.18. The van der Waals surface area contributed by atoms with Crippen molar-refractivity contribution >= 4 is 52.0 Å². The second-order valence-electron chi connectivity index (χ2n) is 8.19. The van der Waals surface area contributed by atoms with Crippen LogP contribution >= 0.6 is 11.8 Å². The van der Waals surface area contributed by atoms with Gasteiger partial charge in [0.25, 0.3) is 16.8 Å². The summed E-state index contributed by atoms with van der Waals surface area (Å²) in [5.41, 5.74) is -0.279. The van der Waals surface area contributed by atoms with Crippen molar-refractivity contribution in [3.8, 4) is 23.0 Å². The molecule has 0 atom stereocenters. The molecule has 1 fully saturated rings. The normalized spacial score (nSPS) is 13.7. The number of ether oxygens (including phenoxy) is 3. The summed E-state index contributed by atoms with van der Waals surface area (Å²) in [6, 6.07) is 14.0. The van der Waals surface area contributed by atoms with E-state index < -0.39 is 44.8 Å². The number of nitrogens with zero attached hydrogens (tertiary/aromatic N) is 3. The van der Waals surface area contributed by atoms with Gasteiger partial charge in [-0.05, 0) is 53.7 Å². The number of amides is 3. The van der Waals surface area contributed by atoms with Gasteiger partial charge in [-0.2, -0.15) is 0 Å². The molecule has 14 nitrogen and oxygen atoms in total. The van der Waals surface area contributed by atoms with Gasteiger partial charge in [0.2, 0.25) is 11.7 Å². The Bertz CT molecular complexity index is 1610. The van der Waals surface area contributed by atoms with Crippen molar-refractivity contribution in [2.45, 2.75) is 0 Å². The first-order valence-corrected chi connectivity index (χ1v) is 12.4. The molecule has 0 spiro atoms. The zero-order valence-corrected chi connectivity index (χ0v) is 22.2. The number of carbonyl (C=O) groups is 3. The van der Waals surface area contributed by atoms with Crippen molar-refractivity contribution in [2.24, 2.45) is 0 Å². The number of anilines is 1. The highest BCUT2D eigenvalue weighted by Crippen LogP contribution is 2.39. The number of hydrogen-bond acceptors (Lipinski definition) is 11. The second kappa shape index (κ2) is 12.2. The maximum Gasteiger partial charge on any atom is 0.318 e. The van der Waals surface area contributed by atoms with Crippen LogP contribution < -0.4 is 19.5 Å². The number of thioether (sulfide) groups is 1. The SMILES string of the molecule is COc1ccccc1NC(=O)CN1C(=O)S/C(=C/c2ccc(Oc3ccc([N+](=O)[O-])cc3[N+](=O)[O-])c(OC)c2)C1=O. The lowest BCUT2D eigenvalue weighted by Gasteiger charge is -2.14. The summed E-state index contributed by atoms with van der Waals surface area (Å²) >= 11 is 0.653. The number of carbonyl (C=O) groups excluding carboxylic acids is 3. The Morgan fingerprint density at radius 2 is 1.63 bits per heavy atom. The molecule has 0 radical (unpaired) electrons. The van der Waals surface area contributed by atoms with E-state index in [-0.39, 0.29) is 22.2 Å². The smallest absolute Gasteiger partial charge is 0.318 e. The van der Waals surface area contributed by atoms with Gasteiger partial charge < -0.3 is 19.5 Å². The van der Waals surface area contributed by atoms with E-state index in [4.69, 9.17) is 14.2 Å². The topological polar surface area (TPSA) is 180 Å². The minimum atomic E-state index is -0.810. The number of imide groups is 1. The molecule has 0 unspecified atom stereocenters. The molecule has 0 saturated carbocycles. The van der Waals surface area contributed by atoms with Gasteiger partial charge in [0, 0.05) is 6.07 Å². The van der Waals surface area contributed by atoms with E-state index in [9.17, 15) is 34.6 Å². The molecule has 1 aliphatic heterocycles. The number of methoxy groups -OCH3 is 2. The summed E-state index contributed by atoms with van der Waals surface area (Å²) < 4.78 is 16.1. The molecule has 3 aromatic carbocycles. The van der Waals surface area contributed by atoms with Crippen molar-refractivity contribution in [2.75, 3.05) is 26.1 Å². The Labute approximate surface area is 235 Å². The fourth-order valence-corrected chi connectivity index (χ4v) is 4.53. The molecule has 210 valence electrons. The fraction of sp³-hybridized carbons (Fsp3) is 0.115. The third-order valence-electron chi connectivity index (χ3n) is 5.61. The minimum Gasteiger partial charge on any atom is -0.495 e. The maximum absolute atomic E-state index is 12.9. The predicted octanol–water partition coefficient (Wildman–Crippen LogP) is 4.99. The molecule has 0 aliphatic carbocycles. The summed E-state index contributed by atoms with van der Waals surface area (Å²) in [7, 11) is 2.77. The Kier molecular flexibility index (Phi) is 8.48. The lowest BCUT2D eigenvalue weighted by molar-refractivity contribution is -0.394. The van der Waals surface area contributed by atoms with E-state index >= 15 is 0 Å². The first-order valence-electron chi connectivity index (χ1n) is 11.6. The summed E-state index contributed by atoms with van der Waals surface area (Å²) in [4.78, 5) is 59.7. The number of nitro benzene ring substituents is 2. The number of nitro groups is 2. The zero-order chi connectivity index (χ0) is 29.7. The average molecular weight is 581 g/mol. The van der Waals surface area contributed by atoms with Gasteiger partial charge in [-0.15, -0.1) is 0 Å². The molecule has 3 amide bonds. The molecule has 15 heteroatoms. The summed E-state index contributed by atoms with van der Waals surface area (Å²) in [6.07, 6.45) is 1.42. The van der Waals surface area contributed by atoms with Crippen LogP contribution in [0.1, 0.15) is 5.56 Å². The molecular weight excluding hydrogens is 560 g/mol. The molecular formula is C26H20N4O10S. The lowest BCUT2D eigenvalue weighted by Crippen LogP contribution is -2.36. The number of non-ortho nitro benzene ring substituents is 1. The molecule has 0 bridgehead atoms. The van der Waals surface area contributed by atoms with Gasteiger partial charge in [-0.1, -0.05) is 18.2 Å². The van der Waals surface area contributed by atoms with Crippen molar-refractivity contribution in [1.29, 1.82) is 0 Å². The molecule has 3 aromatic rings. The van der Waals surface area contributed by atoms with Crippen LogP contribution in [0.2, 0.25) is 0 Å². The molecule has 0 aromatic heterocycles. The Hall–Kier alpha value is -5.44. The number of para-hydroxylation sites is 2. The monoisotopic (exact) mass is 580 g/mol. The summed E-state index contributed by atoms with van der Waals surface area (Å²) in [5.74, 6) is -0.916. The van der Waals surface area contributed by atoms with Gasteiger partial charge in [0.1, 0.15) is 12.3 Å². The Morgan fingerprint density at radius 3 is 2.32 bits per heavy atom. The Balaban J connectivity index is 1.51. The quantitative estimate of drug-likeness (QED) is 0.194. The molecule has 1 saturated heterocycles. The third-order valence-corrected chi connectivity index (χ3v) is 6.52. The van der Waals surface area contributed by atoms with Crippen LogP contribution in [-0.4, -0.2) is 52.6 Å². The number of nitrogens with one attached hydrogen (secondary N) is 1. The summed E-state index contributed by atoms with van der Waals surface area (Å²) in [6.45, 7) is -0.510. The predicted molar refractivity (Wildman–Crippen MR) is 147 cm³/mol. The van der Waals surface area contributed by atoms with Crippen LogP contribution in [-0.2, 0) is 9.59 Å². The van der Waals surface area contributed by atoms with E-state index in [1.165, 1.54) is 38.5 Å².